The molecule has 1 amide bonds. The lowest BCUT2D eigenvalue weighted by molar-refractivity contribution is -0.111. The zero-order valence-corrected chi connectivity index (χ0v) is 13.5. The van der Waals surface area contributed by atoms with Gasteiger partial charge in [0.05, 0.1) is 17.3 Å². The Morgan fingerprint density at radius 3 is 2.74 bits per heavy atom. The molecule has 0 aliphatic heterocycles. The van der Waals surface area contributed by atoms with Crippen LogP contribution in [0.25, 0.3) is 17.3 Å². The number of nitriles is 1. The fraction of sp³-hybridized carbons (Fsp3) is 0. The number of nitrogens with zero attached hydrogens (tertiary/aromatic N) is 2. The summed E-state index contributed by atoms with van der Waals surface area (Å²) >= 11 is 2.94. The van der Waals surface area contributed by atoms with Gasteiger partial charge in [-0.2, -0.15) is 5.26 Å². The molecule has 1 aromatic carbocycles. The molecule has 2 heterocycles. The largest absolute Gasteiger partial charge is 0.298 e. The first-order valence-electron chi connectivity index (χ1n) is 6.73. The van der Waals surface area contributed by atoms with Crippen molar-refractivity contribution in [2.24, 2.45) is 0 Å². The molecule has 0 spiro atoms. The molecule has 2 aromatic heterocycles. The quantitative estimate of drug-likeness (QED) is 0.718. The molecule has 6 heteroatoms. The second-order valence-corrected chi connectivity index (χ2v) is 6.40. The third kappa shape index (κ3) is 3.92. The molecular weight excluding hydrogens is 326 g/mol. The van der Waals surface area contributed by atoms with E-state index in [1.54, 1.807) is 29.5 Å². The number of hydrogen-bond donors (Lipinski definition) is 1. The van der Waals surface area contributed by atoms with Crippen LogP contribution in [0, 0.1) is 11.3 Å². The van der Waals surface area contributed by atoms with Crippen LogP contribution in [0.2, 0.25) is 0 Å². The van der Waals surface area contributed by atoms with E-state index in [4.69, 9.17) is 5.26 Å². The molecule has 0 radical (unpaired) electrons. The van der Waals surface area contributed by atoms with Crippen LogP contribution in [0.15, 0.2) is 53.2 Å². The smallest absolute Gasteiger partial charge is 0.250 e. The van der Waals surface area contributed by atoms with Crippen LogP contribution < -0.4 is 5.32 Å². The summed E-state index contributed by atoms with van der Waals surface area (Å²) in [5, 5.41) is 15.9. The third-order valence-corrected chi connectivity index (χ3v) is 4.58. The zero-order valence-electron chi connectivity index (χ0n) is 11.9. The summed E-state index contributed by atoms with van der Waals surface area (Å²) < 4.78 is 0. The van der Waals surface area contributed by atoms with Crippen molar-refractivity contribution >= 4 is 39.8 Å². The summed E-state index contributed by atoms with van der Waals surface area (Å²) in [7, 11) is 0. The summed E-state index contributed by atoms with van der Waals surface area (Å²) in [6.07, 6.45) is 3.27. The van der Waals surface area contributed by atoms with E-state index in [2.05, 4.69) is 16.4 Å². The van der Waals surface area contributed by atoms with Crippen molar-refractivity contribution in [3.05, 3.63) is 63.7 Å². The van der Waals surface area contributed by atoms with Gasteiger partial charge in [-0.1, -0.05) is 18.2 Å². The lowest BCUT2D eigenvalue weighted by Crippen LogP contribution is -2.07. The monoisotopic (exact) mass is 337 g/mol. The van der Waals surface area contributed by atoms with Gasteiger partial charge in [0.25, 0.3) is 0 Å². The highest BCUT2D eigenvalue weighted by Crippen LogP contribution is 2.25. The van der Waals surface area contributed by atoms with E-state index in [0.29, 0.717) is 10.7 Å². The van der Waals surface area contributed by atoms with Crippen LogP contribution in [0.3, 0.4) is 0 Å². The van der Waals surface area contributed by atoms with Gasteiger partial charge in [0, 0.05) is 21.9 Å². The van der Waals surface area contributed by atoms with Gasteiger partial charge in [0.1, 0.15) is 0 Å². The summed E-state index contributed by atoms with van der Waals surface area (Å²) in [6, 6.07) is 13.1. The highest BCUT2D eigenvalue weighted by molar-refractivity contribution is 7.14. The number of amides is 1. The molecule has 1 N–H and O–H groups in total. The fourth-order valence-electron chi connectivity index (χ4n) is 1.87. The lowest BCUT2D eigenvalue weighted by atomic mass is 10.1. The van der Waals surface area contributed by atoms with Crippen molar-refractivity contribution in [2.45, 2.75) is 0 Å². The van der Waals surface area contributed by atoms with E-state index in [1.807, 2.05) is 35.0 Å². The number of nitrogens with one attached hydrogen (secondary N) is 1. The number of benzene rings is 1. The van der Waals surface area contributed by atoms with Gasteiger partial charge in [-0.15, -0.1) is 22.7 Å². The number of rotatable bonds is 4. The Bertz CT molecular complexity index is 871. The number of thiazole rings is 1. The predicted octanol–water partition coefficient (Wildman–Crippen LogP) is 4.40. The highest BCUT2D eigenvalue weighted by atomic mass is 32.1. The minimum atomic E-state index is -0.209. The van der Waals surface area contributed by atoms with Gasteiger partial charge in [-0.05, 0) is 29.7 Å². The summed E-state index contributed by atoms with van der Waals surface area (Å²) in [6.45, 7) is 0. The SMILES string of the molecule is N#Cc1ccc(-c2csc(NC(=O)/C=C/c3cccs3)n2)cc1. The third-order valence-electron chi connectivity index (χ3n) is 2.99. The van der Waals surface area contributed by atoms with E-state index in [1.165, 1.54) is 17.4 Å². The summed E-state index contributed by atoms with van der Waals surface area (Å²) in [4.78, 5) is 17.3. The van der Waals surface area contributed by atoms with Gasteiger partial charge in [0.15, 0.2) is 5.13 Å². The van der Waals surface area contributed by atoms with Crippen LogP contribution >= 0.6 is 22.7 Å². The van der Waals surface area contributed by atoms with E-state index >= 15 is 0 Å². The molecule has 112 valence electrons. The van der Waals surface area contributed by atoms with Crippen LogP contribution in [0.1, 0.15) is 10.4 Å². The molecule has 0 aliphatic rings. The van der Waals surface area contributed by atoms with Crippen LogP contribution in [0.5, 0.6) is 0 Å². The first-order chi connectivity index (χ1) is 11.2. The fourth-order valence-corrected chi connectivity index (χ4v) is 3.21. The Morgan fingerprint density at radius 2 is 2.04 bits per heavy atom. The van der Waals surface area contributed by atoms with Crippen LogP contribution in [-0.4, -0.2) is 10.9 Å². The van der Waals surface area contributed by atoms with E-state index in [9.17, 15) is 4.79 Å². The molecule has 0 bridgehead atoms. The molecule has 3 aromatic rings. The minimum absolute atomic E-state index is 0.209. The average molecular weight is 337 g/mol. The van der Waals surface area contributed by atoms with Gasteiger partial charge in [0.2, 0.25) is 5.91 Å². The predicted molar refractivity (Wildman–Crippen MR) is 94.2 cm³/mol. The standard InChI is InChI=1S/C17H11N3OS2/c18-10-12-3-5-13(6-4-12)15-11-23-17(19-15)20-16(21)8-7-14-2-1-9-22-14/h1-9,11H,(H,19,20,21)/b8-7+. The van der Waals surface area contributed by atoms with Gasteiger partial charge < -0.3 is 0 Å². The molecule has 3 rings (SSSR count). The normalized spacial score (nSPS) is 10.6. The Hall–Kier alpha value is -2.75. The molecule has 0 unspecified atom stereocenters. The number of anilines is 1. The molecule has 23 heavy (non-hydrogen) atoms. The van der Waals surface area contributed by atoms with E-state index in [0.717, 1.165) is 16.1 Å². The first-order valence-corrected chi connectivity index (χ1v) is 8.49. The van der Waals surface area contributed by atoms with Crippen molar-refractivity contribution in [3.63, 3.8) is 0 Å². The van der Waals surface area contributed by atoms with Crippen molar-refractivity contribution < 1.29 is 4.79 Å². The Kier molecular flexibility index (Phi) is 4.62. The Morgan fingerprint density at radius 1 is 1.22 bits per heavy atom. The van der Waals surface area contributed by atoms with Crippen molar-refractivity contribution in [2.75, 3.05) is 5.32 Å². The van der Waals surface area contributed by atoms with Crippen LogP contribution in [0.4, 0.5) is 5.13 Å². The van der Waals surface area contributed by atoms with Gasteiger partial charge >= 0.3 is 0 Å². The second kappa shape index (κ2) is 7.01. The van der Waals surface area contributed by atoms with Crippen molar-refractivity contribution in [1.82, 2.24) is 4.98 Å². The highest BCUT2D eigenvalue weighted by Gasteiger charge is 2.06. The zero-order chi connectivity index (χ0) is 16.1. The molecular formula is C17H11N3OS2. The van der Waals surface area contributed by atoms with E-state index < -0.39 is 0 Å². The van der Waals surface area contributed by atoms with Crippen molar-refractivity contribution in [3.8, 4) is 17.3 Å². The molecule has 0 fully saturated rings. The Labute approximate surface area is 141 Å². The maximum Gasteiger partial charge on any atom is 0.250 e. The Balaban J connectivity index is 1.67. The molecule has 4 nitrogen and oxygen atoms in total. The maximum absolute atomic E-state index is 11.9. The molecule has 0 saturated carbocycles. The number of thiophene rings is 1. The van der Waals surface area contributed by atoms with E-state index in [-0.39, 0.29) is 5.91 Å². The van der Waals surface area contributed by atoms with Crippen LogP contribution in [-0.2, 0) is 4.79 Å². The van der Waals surface area contributed by atoms with Gasteiger partial charge in [-0.25, -0.2) is 4.98 Å². The lowest BCUT2D eigenvalue weighted by Gasteiger charge is -1.97. The molecule has 0 atom stereocenters. The number of aromatic nitrogens is 1. The number of carbonyl (C=O) groups is 1. The minimum Gasteiger partial charge on any atom is -0.298 e. The molecule has 0 saturated heterocycles. The maximum atomic E-state index is 11.9. The number of carbonyl (C=O) groups excluding carboxylic acids is 1. The first kappa shape index (κ1) is 15.2. The topological polar surface area (TPSA) is 65.8 Å². The molecule has 0 aliphatic carbocycles. The second-order valence-electron chi connectivity index (χ2n) is 4.57. The average Bonchev–Trinajstić information content (AvgIpc) is 3.25. The summed E-state index contributed by atoms with van der Waals surface area (Å²) in [5.74, 6) is -0.209. The summed E-state index contributed by atoms with van der Waals surface area (Å²) in [5.41, 5.74) is 2.29. The van der Waals surface area contributed by atoms with Gasteiger partial charge in [-0.3, -0.25) is 10.1 Å². The number of hydrogen-bond acceptors (Lipinski definition) is 5. The van der Waals surface area contributed by atoms with Crippen molar-refractivity contribution in [1.29, 1.82) is 5.26 Å².